The van der Waals surface area contributed by atoms with Crippen LogP contribution in [-0.4, -0.2) is 36.7 Å². The van der Waals surface area contributed by atoms with Crippen LogP contribution in [0.15, 0.2) is 37.0 Å². The Hall–Kier alpha value is -2.37. The number of carbonyl (C=O) groups is 3. The zero-order valence-corrected chi connectivity index (χ0v) is 10.6. The van der Waals surface area contributed by atoms with E-state index in [9.17, 15) is 14.4 Å². The highest BCUT2D eigenvalue weighted by Gasteiger charge is 1.91. The average Bonchev–Trinajstić information content (AvgIpc) is 2.27. The van der Waals surface area contributed by atoms with Crippen LogP contribution in [0, 0.1) is 0 Å². The zero-order valence-electron chi connectivity index (χ0n) is 10.6. The number of nitrogens with two attached hydrogens (primary N) is 2. The fraction of sp³-hybridized carbons (Fsp3) is 0.250. The Bertz CT molecular complexity index is 336. The number of likely N-dealkylation sites (N-methyl/N-ethyl adjacent to an activating group) is 1. The maximum Gasteiger partial charge on any atom is 0.245 e. The van der Waals surface area contributed by atoms with Crippen molar-refractivity contribution >= 4 is 17.7 Å². The third-order valence-corrected chi connectivity index (χ3v) is 1.45. The lowest BCUT2D eigenvalue weighted by Gasteiger charge is -2.03. The Labute approximate surface area is 107 Å². The van der Waals surface area contributed by atoms with Gasteiger partial charge in [-0.25, -0.2) is 0 Å². The second-order valence-electron chi connectivity index (χ2n) is 3.28. The van der Waals surface area contributed by atoms with E-state index >= 15 is 0 Å². The van der Waals surface area contributed by atoms with Gasteiger partial charge in [-0.05, 0) is 24.6 Å². The number of rotatable bonds is 5. The van der Waals surface area contributed by atoms with Gasteiger partial charge < -0.3 is 16.4 Å². The second kappa shape index (κ2) is 11.1. The van der Waals surface area contributed by atoms with E-state index in [4.69, 9.17) is 11.5 Å². The molecular formula is C12H19N3O3. The molecule has 0 saturated carbocycles. The molecule has 0 fully saturated rings. The van der Waals surface area contributed by atoms with Crippen LogP contribution in [0.4, 0.5) is 0 Å². The van der Waals surface area contributed by atoms with Crippen LogP contribution in [0.1, 0.15) is 6.42 Å². The van der Waals surface area contributed by atoms with Crippen molar-refractivity contribution in [2.45, 2.75) is 6.42 Å². The van der Waals surface area contributed by atoms with Gasteiger partial charge in [0, 0.05) is 14.1 Å². The van der Waals surface area contributed by atoms with Crippen LogP contribution in [-0.2, 0) is 14.4 Å². The molecule has 0 aromatic heterocycles. The summed E-state index contributed by atoms with van der Waals surface area (Å²) in [6.07, 6.45) is 7.30. The molecule has 0 atom stereocenters. The summed E-state index contributed by atoms with van der Waals surface area (Å²) in [6.45, 7) is 3.29. The molecule has 0 aliphatic rings. The number of allylic oxidation sites excluding steroid dienone is 2. The van der Waals surface area contributed by atoms with Gasteiger partial charge in [0.05, 0.1) is 0 Å². The van der Waals surface area contributed by atoms with E-state index in [2.05, 4.69) is 6.58 Å². The fourth-order valence-electron chi connectivity index (χ4n) is 0.630. The first-order chi connectivity index (χ1) is 8.31. The van der Waals surface area contributed by atoms with E-state index in [1.54, 1.807) is 26.2 Å². The highest BCUT2D eigenvalue weighted by atomic mass is 16.2. The van der Waals surface area contributed by atoms with E-state index in [0.29, 0.717) is 6.42 Å². The van der Waals surface area contributed by atoms with Crippen LogP contribution in [0.3, 0.4) is 0 Å². The van der Waals surface area contributed by atoms with Crippen molar-refractivity contribution in [3.05, 3.63) is 37.0 Å². The van der Waals surface area contributed by atoms with Gasteiger partial charge in [-0.3, -0.25) is 14.4 Å². The lowest BCUT2D eigenvalue weighted by atomic mass is 10.3. The predicted octanol–water partition coefficient (Wildman–Crippen LogP) is -0.280. The van der Waals surface area contributed by atoms with Gasteiger partial charge >= 0.3 is 0 Å². The summed E-state index contributed by atoms with van der Waals surface area (Å²) in [5.41, 5.74) is 9.59. The Morgan fingerprint density at radius 3 is 1.61 bits per heavy atom. The largest absolute Gasteiger partial charge is 0.366 e. The van der Waals surface area contributed by atoms with Crippen molar-refractivity contribution in [1.29, 1.82) is 0 Å². The molecule has 100 valence electrons. The number of amides is 3. The van der Waals surface area contributed by atoms with Crippen molar-refractivity contribution < 1.29 is 14.4 Å². The summed E-state index contributed by atoms with van der Waals surface area (Å²) in [5, 5.41) is 0. The number of hydrogen-bond donors (Lipinski definition) is 2. The van der Waals surface area contributed by atoms with Crippen LogP contribution < -0.4 is 11.5 Å². The van der Waals surface area contributed by atoms with Crippen molar-refractivity contribution in [3.8, 4) is 0 Å². The molecule has 3 amide bonds. The van der Waals surface area contributed by atoms with Crippen molar-refractivity contribution in [2.75, 3.05) is 14.1 Å². The topological polar surface area (TPSA) is 106 Å². The first-order valence-electron chi connectivity index (χ1n) is 5.07. The molecule has 0 bridgehead atoms. The molecule has 0 unspecified atom stereocenters. The second-order valence-corrected chi connectivity index (χ2v) is 3.28. The lowest BCUT2D eigenvalue weighted by molar-refractivity contribution is -0.123. The molecule has 4 N–H and O–H groups in total. The number of primary amides is 2. The molecule has 0 radical (unpaired) electrons. The Morgan fingerprint density at radius 1 is 1.06 bits per heavy atom. The minimum absolute atomic E-state index is 0.0556. The molecule has 18 heavy (non-hydrogen) atoms. The monoisotopic (exact) mass is 253 g/mol. The minimum Gasteiger partial charge on any atom is -0.366 e. The molecule has 0 aliphatic carbocycles. The third kappa shape index (κ3) is 16.1. The van der Waals surface area contributed by atoms with Crippen molar-refractivity contribution in [1.82, 2.24) is 4.90 Å². The highest BCUT2D eigenvalue weighted by molar-refractivity contribution is 5.86. The SMILES string of the molecule is C=CC(=O)N(C)C.NC(=O)C=CCC=CC(N)=O. The normalized spacial score (nSPS) is 9.67. The summed E-state index contributed by atoms with van der Waals surface area (Å²) in [7, 11) is 3.37. The van der Waals surface area contributed by atoms with Gasteiger partial charge in [0.1, 0.15) is 0 Å². The van der Waals surface area contributed by atoms with E-state index < -0.39 is 11.8 Å². The van der Waals surface area contributed by atoms with Crippen molar-refractivity contribution in [2.24, 2.45) is 11.5 Å². The standard InChI is InChI=1S/C7H10N2O2.C5H9NO/c8-6(10)4-2-1-3-5-7(9)11;1-4-5(7)6(2)3/h2-5H,1H2,(H2,8,10)(H2,9,11);4H,1H2,2-3H3. The van der Waals surface area contributed by atoms with Gasteiger partial charge in [0.25, 0.3) is 0 Å². The van der Waals surface area contributed by atoms with Gasteiger partial charge in [-0.1, -0.05) is 18.7 Å². The van der Waals surface area contributed by atoms with Gasteiger partial charge in [-0.15, -0.1) is 0 Å². The maximum atomic E-state index is 10.3. The zero-order chi connectivity index (χ0) is 14.6. The third-order valence-electron chi connectivity index (χ3n) is 1.45. The predicted molar refractivity (Wildman–Crippen MR) is 70.2 cm³/mol. The quantitative estimate of drug-likeness (QED) is 0.658. The lowest BCUT2D eigenvalue weighted by Crippen LogP contribution is -2.18. The number of nitrogens with zero attached hydrogens (tertiary/aromatic N) is 1. The summed E-state index contributed by atoms with van der Waals surface area (Å²) in [4.78, 5) is 32.0. The molecule has 6 nitrogen and oxygen atoms in total. The molecule has 0 aliphatic heterocycles. The van der Waals surface area contributed by atoms with Crippen molar-refractivity contribution in [3.63, 3.8) is 0 Å². The average molecular weight is 253 g/mol. The van der Waals surface area contributed by atoms with Crippen LogP contribution >= 0.6 is 0 Å². The summed E-state index contributed by atoms with van der Waals surface area (Å²) >= 11 is 0. The maximum absolute atomic E-state index is 10.3. The van der Waals surface area contributed by atoms with Crippen LogP contribution in [0.5, 0.6) is 0 Å². The molecule has 0 aromatic rings. The first kappa shape index (κ1) is 18.0. The van der Waals surface area contributed by atoms with E-state index in [1.165, 1.54) is 23.1 Å². The molecular weight excluding hydrogens is 234 g/mol. The Morgan fingerprint density at radius 2 is 1.44 bits per heavy atom. The summed E-state index contributed by atoms with van der Waals surface area (Å²) in [5.74, 6) is -1.06. The van der Waals surface area contributed by atoms with Gasteiger partial charge in [-0.2, -0.15) is 0 Å². The van der Waals surface area contributed by atoms with Crippen LogP contribution in [0.2, 0.25) is 0 Å². The molecule has 0 saturated heterocycles. The summed E-state index contributed by atoms with van der Waals surface area (Å²) in [6, 6.07) is 0. The molecule has 0 spiro atoms. The highest BCUT2D eigenvalue weighted by Crippen LogP contribution is 1.84. The smallest absolute Gasteiger partial charge is 0.245 e. The molecule has 6 heteroatoms. The fourth-order valence-corrected chi connectivity index (χ4v) is 0.630. The molecule has 0 aromatic carbocycles. The minimum atomic E-state index is -0.502. The van der Waals surface area contributed by atoms with Gasteiger partial charge in [0.15, 0.2) is 0 Å². The van der Waals surface area contributed by atoms with Crippen LogP contribution in [0.25, 0.3) is 0 Å². The van der Waals surface area contributed by atoms with E-state index in [-0.39, 0.29) is 5.91 Å². The first-order valence-corrected chi connectivity index (χ1v) is 5.07. The number of hydrogen-bond acceptors (Lipinski definition) is 3. The molecule has 0 rings (SSSR count). The van der Waals surface area contributed by atoms with E-state index in [1.807, 2.05) is 0 Å². The Kier molecular flexibility index (Phi) is 11.1. The molecule has 0 heterocycles. The van der Waals surface area contributed by atoms with Gasteiger partial charge in [0.2, 0.25) is 17.7 Å². The summed E-state index contributed by atoms with van der Waals surface area (Å²) < 4.78 is 0. The van der Waals surface area contributed by atoms with E-state index in [0.717, 1.165) is 0 Å². The number of carbonyl (C=O) groups excluding carboxylic acids is 3. The Balaban J connectivity index is 0.